The average Bonchev–Trinajstić information content (AvgIpc) is 1.61. The molecule has 0 heterocycles. The predicted molar refractivity (Wildman–Crippen MR) is 27.3 cm³/mol. The molecular weight excluding hydrogens is 215 g/mol. The molecule has 0 saturated heterocycles. The van der Waals surface area contributed by atoms with Crippen molar-refractivity contribution in [1.82, 2.24) is 0 Å². The van der Waals surface area contributed by atoms with Gasteiger partial charge in [0.25, 0.3) is 0 Å². The molecular formula is C4H12LaN2. The van der Waals surface area contributed by atoms with Gasteiger partial charge in [-0.1, -0.05) is 0 Å². The summed E-state index contributed by atoms with van der Waals surface area (Å²) in [5.74, 6) is 0. The van der Waals surface area contributed by atoms with Crippen LogP contribution >= 0.6 is 0 Å². The normalized spacial score (nSPS) is 7.71. The quantitative estimate of drug-likeness (QED) is 0.649. The first-order valence-corrected chi connectivity index (χ1v) is 2.32. The van der Waals surface area contributed by atoms with Crippen LogP contribution in [0.4, 0.5) is 0 Å². The van der Waals surface area contributed by atoms with Crippen LogP contribution < -0.4 is 11.5 Å². The zero-order chi connectivity index (χ0) is 4.83. The maximum atomic E-state index is 5.16. The summed E-state index contributed by atoms with van der Waals surface area (Å²) in [5.41, 5.74) is 10.3. The minimum absolute atomic E-state index is 0. The Bertz CT molecular complexity index is 21.7. The fraction of sp³-hybridized carbons (Fsp3) is 1.00. The van der Waals surface area contributed by atoms with E-state index in [9.17, 15) is 0 Å². The number of hydrogen-bond donors (Lipinski definition) is 2. The van der Waals surface area contributed by atoms with Crippen LogP contribution in [0.1, 0.15) is 12.8 Å². The first-order chi connectivity index (χ1) is 2.91. The van der Waals surface area contributed by atoms with E-state index in [4.69, 9.17) is 11.5 Å². The molecule has 0 aromatic heterocycles. The van der Waals surface area contributed by atoms with Crippen molar-refractivity contribution in [3.05, 3.63) is 0 Å². The first-order valence-electron chi connectivity index (χ1n) is 2.32. The minimum Gasteiger partial charge on any atom is -0.330 e. The molecule has 0 rings (SSSR count). The van der Waals surface area contributed by atoms with E-state index in [2.05, 4.69) is 0 Å². The van der Waals surface area contributed by atoms with Crippen molar-refractivity contribution < 1.29 is 35.6 Å². The second kappa shape index (κ2) is 10.2. The van der Waals surface area contributed by atoms with Crippen molar-refractivity contribution in [2.75, 3.05) is 13.1 Å². The van der Waals surface area contributed by atoms with Crippen LogP contribution in [-0.2, 0) is 0 Å². The molecule has 0 aromatic rings. The molecule has 0 atom stereocenters. The molecule has 0 amide bonds. The zero-order valence-electron chi connectivity index (χ0n) is 4.56. The molecule has 0 aliphatic heterocycles. The number of unbranched alkanes of at least 4 members (excludes halogenated alkanes) is 1. The fourth-order valence-electron chi connectivity index (χ4n) is 0.289. The number of nitrogens with two attached hydrogens (primary N) is 2. The van der Waals surface area contributed by atoms with Crippen LogP contribution in [0.15, 0.2) is 0 Å². The predicted octanol–water partition coefficient (Wildman–Crippen LogP) is -0.316. The minimum atomic E-state index is 0. The Morgan fingerprint density at radius 1 is 0.857 bits per heavy atom. The van der Waals surface area contributed by atoms with E-state index < -0.39 is 0 Å². The van der Waals surface area contributed by atoms with Crippen LogP contribution in [0.5, 0.6) is 0 Å². The van der Waals surface area contributed by atoms with Gasteiger partial charge in [-0.3, -0.25) is 0 Å². The van der Waals surface area contributed by atoms with Crippen LogP contribution in [-0.4, -0.2) is 13.1 Å². The second-order valence-electron chi connectivity index (χ2n) is 1.28. The van der Waals surface area contributed by atoms with E-state index in [0.717, 1.165) is 25.9 Å². The number of hydrogen-bond acceptors (Lipinski definition) is 2. The molecule has 0 aliphatic rings. The van der Waals surface area contributed by atoms with Crippen molar-refractivity contribution in [3.8, 4) is 0 Å². The SMILES string of the molecule is NCCCCN.[La]. The molecule has 2 nitrogen and oxygen atoms in total. The molecule has 7 heavy (non-hydrogen) atoms. The van der Waals surface area contributed by atoms with Gasteiger partial charge in [-0.25, -0.2) is 0 Å². The summed E-state index contributed by atoms with van der Waals surface area (Å²) in [4.78, 5) is 0. The van der Waals surface area contributed by atoms with Gasteiger partial charge < -0.3 is 11.5 Å². The van der Waals surface area contributed by atoms with Gasteiger partial charge >= 0.3 is 0 Å². The van der Waals surface area contributed by atoms with E-state index in [1.807, 2.05) is 0 Å². The second-order valence-corrected chi connectivity index (χ2v) is 1.28. The third-order valence-corrected chi connectivity index (χ3v) is 0.658. The Balaban J connectivity index is 0. The van der Waals surface area contributed by atoms with E-state index >= 15 is 0 Å². The summed E-state index contributed by atoms with van der Waals surface area (Å²) >= 11 is 0. The van der Waals surface area contributed by atoms with E-state index in [1.165, 1.54) is 0 Å². The standard InChI is InChI=1S/C4H12N2.La/c5-3-1-2-4-6;/h1-6H2;. The van der Waals surface area contributed by atoms with Gasteiger partial charge in [0, 0.05) is 35.6 Å². The van der Waals surface area contributed by atoms with E-state index in [0.29, 0.717) is 0 Å². The van der Waals surface area contributed by atoms with Crippen molar-refractivity contribution in [2.45, 2.75) is 12.8 Å². The molecule has 4 N–H and O–H groups in total. The fourth-order valence-corrected chi connectivity index (χ4v) is 0.289. The third kappa shape index (κ3) is 11.0. The molecule has 41 valence electrons. The van der Waals surface area contributed by atoms with E-state index in [-0.39, 0.29) is 35.6 Å². The molecule has 0 saturated carbocycles. The molecule has 0 aromatic carbocycles. The van der Waals surface area contributed by atoms with Gasteiger partial charge in [-0.2, -0.15) is 0 Å². The van der Waals surface area contributed by atoms with Gasteiger partial charge in [0.05, 0.1) is 0 Å². The Labute approximate surface area is 72.6 Å². The molecule has 0 unspecified atom stereocenters. The molecule has 0 aliphatic carbocycles. The van der Waals surface area contributed by atoms with Crippen molar-refractivity contribution in [2.24, 2.45) is 11.5 Å². The summed E-state index contributed by atoms with van der Waals surface area (Å²) in [5, 5.41) is 0. The Morgan fingerprint density at radius 2 is 1.14 bits per heavy atom. The Morgan fingerprint density at radius 3 is 1.29 bits per heavy atom. The van der Waals surface area contributed by atoms with Crippen LogP contribution in [0.3, 0.4) is 0 Å². The Hall–Kier alpha value is 1.11. The van der Waals surface area contributed by atoms with Gasteiger partial charge in [0.15, 0.2) is 0 Å². The van der Waals surface area contributed by atoms with Gasteiger partial charge in [0.1, 0.15) is 0 Å². The summed E-state index contributed by atoms with van der Waals surface area (Å²) in [6.45, 7) is 1.55. The monoisotopic (exact) mass is 227 g/mol. The van der Waals surface area contributed by atoms with Gasteiger partial charge in [-0.15, -0.1) is 0 Å². The van der Waals surface area contributed by atoms with Crippen molar-refractivity contribution in [1.29, 1.82) is 0 Å². The van der Waals surface area contributed by atoms with Crippen LogP contribution in [0.25, 0.3) is 0 Å². The molecule has 3 heteroatoms. The van der Waals surface area contributed by atoms with Gasteiger partial charge in [-0.05, 0) is 25.9 Å². The maximum absolute atomic E-state index is 5.16. The van der Waals surface area contributed by atoms with Crippen molar-refractivity contribution >= 4 is 0 Å². The molecule has 0 bridgehead atoms. The number of rotatable bonds is 3. The van der Waals surface area contributed by atoms with Crippen LogP contribution in [0, 0.1) is 35.6 Å². The molecule has 1 radical (unpaired) electrons. The zero-order valence-corrected chi connectivity index (χ0v) is 8.19. The smallest absolute Gasteiger partial charge is 0 e. The molecule has 0 spiro atoms. The largest absolute Gasteiger partial charge is 0.330 e. The van der Waals surface area contributed by atoms with Gasteiger partial charge in [0.2, 0.25) is 0 Å². The first kappa shape index (κ1) is 11.0. The summed E-state index contributed by atoms with van der Waals surface area (Å²) in [6.07, 6.45) is 2.13. The van der Waals surface area contributed by atoms with E-state index in [1.54, 1.807) is 0 Å². The summed E-state index contributed by atoms with van der Waals surface area (Å²) in [7, 11) is 0. The summed E-state index contributed by atoms with van der Waals surface area (Å²) in [6, 6.07) is 0. The average molecular weight is 227 g/mol. The van der Waals surface area contributed by atoms with Crippen molar-refractivity contribution in [3.63, 3.8) is 0 Å². The van der Waals surface area contributed by atoms with Crippen LogP contribution in [0.2, 0.25) is 0 Å². The maximum Gasteiger partial charge on any atom is 0 e. The molecule has 0 fully saturated rings. The topological polar surface area (TPSA) is 52.0 Å². The Kier molecular flexibility index (Phi) is 16.0. The third-order valence-electron chi connectivity index (χ3n) is 0.658. The summed E-state index contributed by atoms with van der Waals surface area (Å²) < 4.78 is 0.